The van der Waals surface area contributed by atoms with Crippen molar-refractivity contribution < 1.29 is 12.9 Å². The first-order valence-electron chi connectivity index (χ1n) is 9.53. The van der Waals surface area contributed by atoms with Gasteiger partial charge in [-0.05, 0) is 31.0 Å². The second-order valence-electron chi connectivity index (χ2n) is 7.00. The van der Waals surface area contributed by atoms with Crippen LogP contribution in [0.25, 0.3) is 11.4 Å². The molecule has 0 aliphatic rings. The first-order valence-corrected chi connectivity index (χ1v) is 11.0. The van der Waals surface area contributed by atoms with Gasteiger partial charge in [-0.3, -0.25) is 0 Å². The van der Waals surface area contributed by atoms with Crippen molar-refractivity contribution in [2.45, 2.75) is 24.3 Å². The summed E-state index contributed by atoms with van der Waals surface area (Å²) in [6, 6.07) is 24.9. The number of sulfonamides is 1. The highest BCUT2D eigenvalue weighted by Crippen LogP contribution is 2.24. The van der Waals surface area contributed by atoms with Crippen LogP contribution in [0.4, 0.5) is 0 Å². The average molecular weight is 420 g/mol. The fraction of sp³-hybridized carbons (Fsp3) is 0.130. The molecule has 4 aromatic rings. The van der Waals surface area contributed by atoms with Crippen molar-refractivity contribution in [3.63, 3.8) is 0 Å². The number of nitrogens with zero attached hydrogens (tertiary/aromatic N) is 2. The van der Waals surface area contributed by atoms with Gasteiger partial charge in [0.25, 0.3) is 0 Å². The fourth-order valence-corrected chi connectivity index (χ4v) is 4.29. The van der Waals surface area contributed by atoms with Crippen LogP contribution in [-0.4, -0.2) is 18.6 Å². The fourth-order valence-electron chi connectivity index (χ4n) is 3.08. The van der Waals surface area contributed by atoms with Gasteiger partial charge >= 0.3 is 0 Å². The molecule has 4 rings (SSSR count). The van der Waals surface area contributed by atoms with Gasteiger partial charge in [0.2, 0.25) is 21.7 Å². The summed E-state index contributed by atoms with van der Waals surface area (Å²) >= 11 is 0. The predicted molar refractivity (Wildman–Crippen MR) is 114 cm³/mol. The van der Waals surface area contributed by atoms with E-state index in [0.717, 1.165) is 16.7 Å². The van der Waals surface area contributed by atoms with Crippen LogP contribution in [0.1, 0.15) is 23.1 Å². The van der Waals surface area contributed by atoms with Crippen molar-refractivity contribution in [1.29, 1.82) is 0 Å². The second kappa shape index (κ2) is 8.61. The summed E-state index contributed by atoms with van der Waals surface area (Å²) in [5, 5.41) is 4.06. The van der Waals surface area contributed by atoms with Crippen LogP contribution < -0.4 is 4.72 Å². The third-order valence-electron chi connectivity index (χ3n) is 4.68. The number of nitrogens with one attached hydrogen (secondary N) is 1. The van der Waals surface area contributed by atoms with Gasteiger partial charge in [-0.2, -0.15) is 9.71 Å². The monoisotopic (exact) mass is 419 g/mol. The zero-order valence-electron chi connectivity index (χ0n) is 16.4. The SMILES string of the molecule is Cc1ccc(-c2noc(C(Cc3ccccc3)NS(=O)(=O)c3ccccc3)n2)cc1. The Morgan fingerprint density at radius 1 is 0.900 bits per heavy atom. The van der Waals surface area contributed by atoms with Gasteiger partial charge in [-0.15, -0.1) is 0 Å². The summed E-state index contributed by atoms with van der Waals surface area (Å²) < 4.78 is 34.0. The summed E-state index contributed by atoms with van der Waals surface area (Å²) in [5.41, 5.74) is 2.88. The van der Waals surface area contributed by atoms with E-state index in [0.29, 0.717) is 12.2 Å². The molecule has 0 radical (unpaired) electrons. The van der Waals surface area contributed by atoms with Gasteiger partial charge in [-0.1, -0.05) is 83.5 Å². The Morgan fingerprint density at radius 3 is 2.20 bits per heavy atom. The molecule has 0 aliphatic carbocycles. The molecule has 0 fully saturated rings. The maximum Gasteiger partial charge on any atom is 0.245 e. The molecular weight excluding hydrogens is 398 g/mol. The maximum absolute atomic E-state index is 12.9. The Balaban J connectivity index is 1.66. The lowest BCUT2D eigenvalue weighted by molar-refractivity contribution is 0.345. The van der Waals surface area contributed by atoms with Crippen LogP contribution >= 0.6 is 0 Å². The van der Waals surface area contributed by atoms with Crippen LogP contribution in [0.2, 0.25) is 0 Å². The van der Waals surface area contributed by atoms with Crippen molar-refractivity contribution in [1.82, 2.24) is 14.9 Å². The molecular formula is C23H21N3O3S. The number of rotatable bonds is 7. The van der Waals surface area contributed by atoms with Crippen LogP contribution in [0.5, 0.6) is 0 Å². The smallest absolute Gasteiger partial charge is 0.245 e. The molecule has 3 aromatic carbocycles. The molecule has 1 unspecified atom stereocenters. The summed E-state index contributed by atoms with van der Waals surface area (Å²) in [6.07, 6.45) is 0.377. The minimum absolute atomic E-state index is 0.182. The van der Waals surface area contributed by atoms with Crippen molar-refractivity contribution in [2.75, 3.05) is 0 Å². The van der Waals surface area contributed by atoms with E-state index >= 15 is 0 Å². The van der Waals surface area contributed by atoms with E-state index < -0.39 is 16.1 Å². The Bertz CT molecular complexity index is 1210. The molecule has 0 amide bonds. The van der Waals surface area contributed by atoms with E-state index in [4.69, 9.17) is 4.52 Å². The molecule has 1 aromatic heterocycles. The van der Waals surface area contributed by atoms with Crippen molar-refractivity contribution >= 4 is 10.0 Å². The minimum Gasteiger partial charge on any atom is -0.337 e. The van der Waals surface area contributed by atoms with Gasteiger partial charge in [0.1, 0.15) is 6.04 Å². The quantitative estimate of drug-likeness (QED) is 0.483. The van der Waals surface area contributed by atoms with E-state index in [1.807, 2.05) is 61.5 Å². The van der Waals surface area contributed by atoms with Crippen molar-refractivity contribution in [3.05, 3.63) is 102 Å². The molecule has 0 aliphatic heterocycles. The Kier molecular flexibility index (Phi) is 5.74. The second-order valence-corrected chi connectivity index (χ2v) is 8.71. The zero-order chi connectivity index (χ0) is 21.0. The third kappa shape index (κ3) is 4.64. The average Bonchev–Trinajstić information content (AvgIpc) is 3.25. The molecule has 1 atom stereocenters. The zero-order valence-corrected chi connectivity index (χ0v) is 17.2. The van der Waals surface area contributed by atoms with Crippen LogP contribution in [0.15, 0.2) is 94.3 Å². The first-order chi connectivity index (χ1) is 14.5. The van der Waals surface area contributed by atoms with Crippen molar-refractivity contribution in [2.24, 2.45) is 0 Å². The number of aromatic nitrogens is 2. The largest absolute Gasteiger partial charge is 0.337 e. The number of hydrogen-bond donors (Lipinski definition) is 1. The summed E-state index contributed by atoms with van der Waals surface area (Å²) in [6.45, 7) is 2.00. The molecule has 1 N–H and O–H groups in total. The lowest BCUT2D eigenvalue weighted by atomic mass is 10.1. The lowest BCUT2D eigenvalue weighted by Crippen LogP contribution is -2.30. The summed E-state index contributed by atoms with van der Waals surface area (Å²) in [5.74, 6) is 0.635. The maximum atomic E-state index is 12.9. The van der Waals surface area contributed by atoms with E-state index in [1.165, 1.54) is 0 Å². The highest BCUT2D eigenvalue weighted by Gasteiger charge is 2.26. The molecule has 0 spiro atoms. The van der Waals surface area contributed by atoms with Gasteiger partial charge < -0.3 is 4.52 Å². The molecule has 6 nitrogen and oxygen atoms in total. The molecule has 0 bridgehead atoms. The Hall–Kier alpha value is -3.29. The highest BCUT2D eigenvalue weighted by atomic mass is 32.2. The molecule has 1 heterocycles. The van der Waals surface area contributed by atoms with E-state index in [1.54, 1.807) is 30.3 Å². The standard InChI is InChI=1S/C23H21N3O3S/c1-17-12-14-19(15-13-17)22-24-23(29-25-22)21(16-18-8-4-2-5-9-18)26-30(27,28)20-10-6-3-7-11-20/h2-15,21,26H,16H2,1H3. The lowest BCUT2D eigenvalue weighted by Gasteiger charge is -2.15. The van der Waals surface area contributed by atoms with E-state index in [9.17, 15) is 8.42 Å². The summed E-state index contributed by atoms with van der Waals surface area (Å²) in [4.78, 5) is 4.66. The van der Waals surface area contributed by atoms with Crippen molar-refractivity contribution in [3.8, 4) is 11.4 Å². The van der Waals surface area contributed by atoms with Crippen LogP contribution in [0.3, 0.4) is 0 Å². The normalized spacial score (nSPS) is 12.6. The number of hydrogen-bond acceptors (Lipinski definition) is 5. The molecule has 7 heteroatoms. The van der Waals surface area contributed by atoms with Crippen LogP contribution in [0, 0.1) is 6.92 Å². The topological polar surface area (TPSA) is 85.1 Å². The van der Waals surface area contributed by atoms with E-state index in [-0.39, 0.29) is 10.8 Å². The minimum atomic E-state index is -3.77. The number of aryl methyl sites for hydroxylation is 1. The van der Waals surface area contributed by atoms with Gasteiger partial charge in [0, 0.05) is 5.56 Å². The van der Waals surface area contributed by atoms with E-state index in [2.05, 4.69) is 14.9 Å². The van der Waals surface area contributed by atoms with Gasteiger partial charge in [0.15, 0.2) is 0 Å². The van der Waals surface area contributed by atoms with Gasteiger partial charge in [-0.25, -0.2) is 8.42 Å². The molecule has 152 valence electrons. The van der Waals surface area contributed by atoms with Gasteiger partial charge in [0.05, 0.1) is 4.90 Å². The first kappa shape index (κ1) is 20.0. The number of benzene rings is 3. The molecule has 0 saturated carbocycles. The highest BCUT2D eigenvalue weighted by molar-refractivity contribution is 7.89. The Morgan fingerprint density at radius 2 is 1.53 bits per heavy atom. The predicted octanol–water partition coefficient (Wildman–Crippen LogP) is 4.31. The molecule has 0 saturated heterocycles. The molecule has 30 heavy (non-hydrogen) atoms. The summed E-state index contributed by atoms with van der Waals surface area (Å²) in [7, 11) is -3.77. The third-order valence-corrected chi connectivity index (χ3v) is 6.17. The van der Waals surface area contributed by atoms with Crippen LogP contribution in [-0.2, 0) is 16.4 Å². The Labute approximate surface area is 175 Å².